The van der Waals surface area contributed by atoms with Crippen LogP contribution in [0.3, 0.4) is 0 Å². The molecule has 2 N–H and O–H groups in total. The summed E-state index contributed by atoms with van der Waals surface area (Å²) in [7, 11) is 0. The normalized spacial score (nSPS) is 15.1. The van der Waals surface area contributed by atoms with E-state index in [2.05, 4.69) is 26.8 Å². The van der Waals surface area contributed by atoms with Crippen LogP contribution < -0.4 is 5.73 Å². The van der Waals surface area contributed by atoms with E-state index < -0.39 is 6.10 Å². The van der Waals surface area contributed by atoms with Gasteiger partial charge in [-0.15, -0.1) is 0 Å². The van der Waals surface area contributed by atoms with Crippen molar-refractivity contribution < 1.29 is 4.74 Å². The van der Waals surface area contributed by atoms with Crippen LogP contribution in [0.1, 0.15) is 17.5 Å². The second-order valence-corrected chi connectivity index (χ2v) is 5.32. The Labute approximate surface area is 143 Å². The molecular weight excluding hydrogens is 314 g/mol. The number of anilines is 1. The third-order valence-electron chi connectivity index (χ3n) is 3.76. The highest BCUT2D eigenvalue weighted by Gasteiger charge is 2.22. The van der Waals surface area contributed by atoms with Crippen molar-refractivity contribution in [1.82, 2.24) is 15.0 Å². The number of ether oxygens (including phenoxy) is 1. The van der Waals surface area contributed by atoms with Crippen LogP contribution in [0.2, 0.25) is 0 Å². The zero-order chi connectivity index (χ0) is 17.2. The van der Waals surface area contributed by atoms with E-state index in [9.17, 15) is 5.26 Å². The molecule has 1 aromatic carbocycles. The molecule has 0 saturated carbocycles. The van der Waals surface area contributed by atoms with E-state index in [-0.39, 0.29) is 11.5 Å². The van der Waals surface area contributed by atoms with E-state index in [4.69, 9.17) is 10.5 Å². The SMILES string of the molecule is N#Cc1nc(-c2ccc3ncccc3c2)c(C2C#CC=CO2)nc1N. The number of nitriles is 1. The number of nitrogen functional groups attached to an aromatic ring is 1. The summed E-state index contributed by atoms with van der Waals surface area (Å²) in [5, 5.41) is 10.2. The zero-order valence-electron chi connectivity index (χ0n) is 13.0. The maximum atomic E-state index is 9.25. The van der Waals surface area contributed by atoms with Gasteiger partial charge in [0.05, 0.1) is 17.5 Å². The standard InChI is InChI=1S/C19H11N5O/c20-11-15-19(21)24-18(16-5-1-2-9-25-16)17(23-15)13-6-7-14-12(10-13)4-3-8-22-14/h2-4,6-10,16H,(H2,21,24). The topological polar surface area (TPSA) is 97.7 Å². The molecule has 1 aliphatic heterocycles. The first-order valence-electron chi connectivity index (χ1n) is 7.50. The lowest BCUT2D eigenvalue weighted by atomic mass is 10.0. The Kier molecular flexibility index (Phi) is 3.49. The Morgan fingerprint density at radius 2 is 2.16 bits per heavy atom. The Bertz CT molecular complexity index is 1120. The van der Waals surface area contributed by atoms with Gasteiger partial charge in [0.1, 0.15) is 11.8 Å². The molecule has 0 fully saturated rings. The van der Waals surface area contributed by atoms with Gasteiger partial charge in [-0.05, 0) is 24.1 Å². The van der Waals surface area contributed by atoms with Gasteiger partial charge in [-0.2, -0.15) is 5.26 Å². The van der Waals surface area contributed by atoms with E-state index in [0.717, 1.165) is 16.5 Å². The van der Waals surface area contributed by atoms with Crippen molar-refractivity contribution in [2.24, 2.45) is 0 Å². The van der Waals surface area contributed by atoms with Gasteiger partial charge in [0.15, 0.2) is 11.5 Å². The van der Waals surface area contributed by atoms with Gasteiger partial charge in [-0.3, -0.25) is 4.98 Å². The minimum absolute atomic E-state index is 0.0589. The summed E-state index contributed by atoms with van der Waals surface area (Å²) in [6, 6.07) is 11.5. The molecule has 0 bridgehead atoms. The number of pyridine rings is 1. The number of nitrogens with two attached hydrogens (primary N) is 1. The largest absolute Gasteiger partial charge is 0.478 e. The molecule has 118 valence electrons. The molecule has 1 unspecified atom stereocenters. The van der Waals surface area contributed by atoms with Crippen molar-refractivity contribution in [2.45, 2.75) is 6.10 Å². The number of rotatable bonds is 2. The maximum absolute atomic E-state index is 9.25. The van der Waals surface area contributed by atoms with Gasteiger partial charge in [-0.25, -0.2) is 9.97 Å². The lowest BCUT2D eigenvalue weighted by molar-refractivity contribution is 0.192. The summed E-state index contributed by atoms with van der Waals surface area (Å²) in [5.41, 5.74) is 8.58. The molecule has 3 aromatic rings. The average molecular weight is 325 g/mol. The fraction of sp³-hybridized carbons (Fsp3) is 0.0526. The first-order valence-corrected chi connectivity index (χ1v) is 7.50. The molecule has 0 aliphatic carbocycles. The Balaban J connectivity index is 1.94. The van der Waals surface area contributed by atoms with Crippen molar-refractivity contribution in [3.05, 3.63) is 60.3 Å². The maximum Gasteiger partial charge on any atom is 0.202 e. The predicted octanol–water partition coefficient (Wildman–Crippen LogP) is 2.73. The lowest BCUT2D eigenvalue weighted by Crippen LogP contribution is -2.11. The fourth-order valence-electron chi connectivity index (χ4n) is 2.60. The molecule has 2 aromatic heterocycles. The minimum Gasteiger partial charge on any atom is -0.478 e. The summed E-state index contributed by atoms with van der Waals surface area (Å²) >= 11 is 0. The van der Waals surface area contributed by atoms with E-state index in [0.29, 0.717) is 11.4 Å². The zero-order valence-corrected chi connectivity index (χ0v) is 13.0. The van der Waals surface area contributed by atoms with Gasteiger partial charge in [0, 0.05) is 23.2 Å². The van der Waals surface area contributed by atoms with Gasteiger partial charge in [0.25, 0.3) is 0 Å². The second-order valence-electron chi connectivity index (χ2n) is 5.32. The number of nitrogens with zero attached hydrogens (tertiary/aromatic N) is 4. The van der Waals surface area contributed by atoms with E-state index in [1.807, 2.05) is 36.4 Å². The highest BCUT2D eigenvalue weighted by molar-refractivity contribution is 5.84. The van der Waals surface area contributed by atoms with E-state index >= 15 is 0 Å². The molecule has 25 heavy (non-hydrogen) atoms. The van der Waals surface area contributed by atoms with E-state index in [1.54, 1.807) is 12.3 Å². The van der Waals surface area contributed by atoms with E-state index in [1.165, 1.54) is 6.26 Å². The summed E-state index contributed by atoms with van der Waals surface area (Å²) in [4.78, 5) is 13.1. The number of allylic oxidation sites excluding steroid dienone is 1. The lowest BCUT2D eigenvalue weighted by Gasteiger charge is -2.16. The van der Waals surface area contributed by atoms with Gasteiger partial charge in [-0.1, -0.05) is 18.1 Å². The Hall–Kier alpha value is -3.90. The molecular formula is C19H11N5O. The van der Waals surface area contributed by atoms with Crippen LogP contribution in [0, 0.1) is 23.2 Å². The van der Waals surface area contributed by atoms with Crippen LogP contribution in [0.15, 0.2) is 48.9 Å². The molecule has 6 heteroatoms. The van der Waals surface area contributed by atoms with Crippen molar-refractivity contribution in [3.63, 3.8) is 0 Å². The molecule has 0 spiro atoms. The van der Waals surface area contributed by atoms with Crippen molar-refractivity contribution in [3.8, 4) is 29.2 Å². The number of hydrogen-bond donors (Lipinski definition) is 1. The molecule has 0 radical (unpaired) electrons. The molecule has 1 atom stereocenters. The molecule has 6 nitrogen and oxygen atoms in total. The van der Waals surface area contributed by atoms with Crippen LogP contribution in [0.25, 0.3) is 22.2 Å². The molecule has 4 rings (SSSR count). The summed E-state index contributed by atoms with van der Waals surface area (Å²) in [5.74, 6) is 5.84. The summed E-state index contributed by atoms with van der Waals surface area (Å²) < 4.78 is 5.53. The van der Waals surface area contributed by atoms with Gasteiger partial charge < -0.3 is 10.5 Å². The molecule has 1 aliphatic rings. The van der Waals surface area contributed by atoms with Crippen molar-refractivity contribution in [2.75, 3.05) is 5.73 Å². The van der Waals surface area contributed by atoms with Crippen LogP contribution in [0.4, 0.5) is 5.82 Å². The number of fused-ring (bicyclic) bond motifs is 1. The van der Waals surface area contributed by atoms with Crippen molar-refractivity contribution >= 4 is 16.7 Å². The monoisotopic (exact) mass is 325 g/mol. The number of benzene rings is 1. The summed E-state index contributed by atoms with van der Waals surface area (Å²) in [6.45, 7) is 0. The highest BCUT2D eigenvalue weighted by Crippen LogP contribution is 2.31. The number of aromatic nitrogens is 3. The first kappa shape index (κ1) is 14.7. The number of hydrogen-bond acceptors (Lipinski definition) is 6. The summed E-state index contributed by atoms with van der Waals surface area (Å²) in [6.07, 6.45) is 4.26. The fourth-order valence-corrected chi connectivity index (χ4v) is 2.60. The van der Waals surface area contributed by atoms with Gasteiger partial charge >= 0.3 is 0 Å². The highest BCUT2D eigenvalue weighted by atomic mass is 16.5. The third-order valence-corrected chi connectivity index (χ3v) is 3.76. The predicted molar refractivity (Wildman–Crippen MR) is 92.6 cm³/mol. The van der Waals surface area contributed by atoms with Gasteiger partial charge in [0.2, 0.25) is 6.10 Å². The Morgan fingerprint density at radius 3 is 2.96 bits per heavy atom. The first-order chi connectivity index (χ1) is 12.3. The third kappa shape index (κ3) is 2.62. The smallest absolute Gasteiger partial charge is 0.202 e. The van der Waals surface area contributed by atoms with Crippen molar-refractivity contribution in [1.29, 1.82) is 5.26 Å². The second kappa shape index (κ2) is 5.95. The molecule has 0 amide bonds. The molecule has 3 heterocycles. The minimum atomic E-state index is -0.591. The molecule has 0 saturated heterocycles. The Morgan fingerprint density at radius 1 is 1.24 bits per heavy atom. The van der Waals surface area contributed by atoms with Crippen LogP contribution >= 0.6 is 0 Å². The van der Waals surface area contributed by atoms with Crippen LogP contribution in [-0.4, -0.2) is 15.0 Å². The van der Waals surface area contributed by atoms with Crippen LogP contribution in [-0.2, 0) is 4.74 Å². The van der Waals surface area contributed by atoms with Crippen LogP contribution in [0.5, 0.6) is 0 Å². The average Bonchev–Trinajstić information content (AvgIpc) is 2.68. The quantitative estimate of drug-likeness (QED) is 0.728.